The van der Waals surface area contributed by atoms with Gasteiger partial charge in [-0.2, -0.15) is 0 Å². The summed E-state index contributed by atoms with van der Waals surface area (Å²) in [6.45, 7) is 5.67. The summed E-state index contributed by atoms with van der Waals surface area (Å²) in [5, 5.41) is 0. The van der Waals surface area contributed by atoms with Crippen molar-refractivity contribution in [2.24, 2.45) is 0 Å². The molecule has 0 aliphatic rings. The van der Waals surface area contributed by atoms with Crippen molar-refractivity contribution in [3.8, 4) is 0 Å². The van der Waals surface area contributed by atoms with Gasteiger partial charge < -0.3 is 19.2 Å². The molecule has 8 heteroatoms. The monoisotopic (exact) mass is 246 g/mol. The number of carbonyl (C=O) groups is 1. The Morgan fingerprint density at radius 3 is 2.07 bits per heavy atom. The average molecular weight is 246 g/mol. The van der Waals surface area contributed by atoms with Gasteiger partial charge >= 0.3 is 88.3 Å². The molecular weight excluding hydrogens is 231 g/mol. The first-order valence-electron chi connectivity index (χ1n) is 4.40. The van der Waals surface area contributed by atoms with E-state index in [1.165, 1.54) is 31.6 Å². The number of hydrogen-bond acceptors (Lipinski definition) is 6. The van der Waals surface area contributed by atoms with E-state index in [4.69, 9.17) is 23.9 Å². The van der Waals surface area contributed by atoms with Crippen molar-refractivity contribution >= 4 is 42.9 Å². The van der Waals surface area contributed by atoms with Crippen LogP contribution in [0.15, 0.2) is 12.2 Å². The van der Waals surface area contributed by atoms with Gasteiger partial charge in [0.2, 0.25) is 0 Å². The van der Waals surface area contributed by atoms with Crippen molar-refractivity contribution in [3.05, 3.63) is 12.2 Å². The Hall–Kier alpha value is 0.267. The van der Waals surface area contributed by atoms with Crippen molar-refractivity contribution in [2.75, 3.05) is 6.61 Å². The number of ether oxygens (including phenoxy) is 1. The van der Waals surface area contributed by atoms with E-state index in [1.807, 2.05) is 0 Å². The van der Waals surface area contributed by atoms with Crippen LogP contribution < -0.4 is 0 Å². The van der Waals surface area contributed by atoms with Gasteiger partial charge in [-0.1, -0.05) is 0 Å². The topological polar surface area (TPSA) is 107 Å². The quantitative estimate of drug-likeness (QED) is 0.207. The molecule has 0 fully saturated rings. The molecule has 0 saturated carbocycles. The third-order valence-electron chi connectivity index (χ3n) is 1.08. The van der Waals surface area contributed by atoms with E-state index in [0.717, 1.165) is 6.42 Å². The van der Waals surface area contributed by atoms with Crippen LogP contribution in [0.4, 0.5) is 0 Å². The molecule has 0 unspecified atom stereocenters. The van der Waals surface area contributed by atoms with E-state index < -0.39 is 9.05 Å². The van der Waals surface area contributed by atoms with Crippen LogP contribution in [0.25, 0.3) is 0 Å². The molecule has 0 aliphatic carbocycles. The Balaban J connectivity index is 0. The van der Waals surface area contributed by atoms with Crippen LogP contribution in [-0.2, 0) is 9.53 Å². The van der Waals surface area contributed by atoms with Gasteiger partial charge in [0.15, 0.2) is 0 Å². The van der Waals surface area contributed by atoms with E-state index in [1.54, 1.807) is 6.92 Å². The smallest absolute Gasteiger partial charge is 0.368 e. The maximum atomic E-state index is 10.7. The minimum Gasteiger partial charge on any atom is -0.368 e. The molecule has 0 aromatic heterocycles. The Bertz CT molecular complexity index is 196. The summed E-state index contributed by atoms with van der Waals surface area (Å²) < 4.78 is 6.01. The second-order valence-corrected chi connectivity index (χ2v) is 5.07. The molecular formula is C7H15NaO6Si. The van der Waals surface area contributed by atoms with Gasteiger partial charge in [0.25, 0.3) is 0 Å². The van der Waals surface area contributed by atoms with Gasteiger partial charge in [-0.05, 0) is 0 Å². The van der Waals surface area contributed by atoms with E-state index in [9.17, 15) is 4.79 Å². The van der Waals surface area contributed by atoms with Crippen LogP contribution in [0, 0.1) is 0 Å². The van der Waals surface area contributed by atoms with Gasteiger partial charge in [-0.3, -0.25) is 0 Å². The van der Waals surface area contributed by atoms with Crippen molar-refractivity contribution in [3.63, 3.8) is 0 Å². The zero-order valence-corrected chi connectivity index (χ0v) is 11.9. The molecule has 0 aromatic carbocycles. The Labute approximate surface area is 107 Å². The zero-order valence-electron chi connectivity index (χ0n) is 8.93. The predicted octanol–water partition coefficient (Wildman–Crippen LogP) is -1.53. The van der Waals surface area contributed by atoms with Crippen molar-refractivity contribution < 1.29 is 28.7 Å². The van der Waals surface area contributed by atoms with E-state index in [2.05, 4.69) is 6.58 Å². The van der Waals surface area contributed by atoms with Gasteiger partial charge in [-0.15, -0.1) is 0 Å². The third kappa shape index (κ3) is 25.0. The molecule has 15 heavy (non-hydrogen) atoms. The number of carbonyl (C=O) groups excluding carboxylic acids is 1. The van der Waals surface area contributed by atoms with E-state index >= 15 is 0 Å². The van der Waals surface area contributed by atoms with Gasteiger partial charge in [0, 0.05) is 0 Å². The van der Waals surface area contributed by atoms with Crippen LogP contribution in [0.5, 0.6) is 0 Å². The zero-order chi connectivity index (χ0) is 12.5. The molecule has 84 valence electrons. The number of esters is 1. The molecule has 0 rings (SSSR count). The summed E-state index contributed by atoms with van der Waals surface area (Å²) in [4.78, 5) is 40.0. The molecule has 0 aromatic rings. The first-order valence-corrected chi connectivity index (χ1v) is 7.61. The summed E-state index contributed by atoms with van der Waals surface area (Å²) >= 11 is 1.18. The number of hydrogen-bond donors (Lipinski definition) is 4. The molecule has 4 N–H and O–H groups in total. The van der Waals surface area contributed by atoms with Gasteiger partial charge in [-0.25, -0.2) is 0 Å². The maximum Gasteiger partial charge on any atom is 0.668 e. The Morgan fingerprint density at radius 2 is 1.80 bits per heavy atom. The molecule has 0 aliphatic heterocycles. The third-order valence-corrected chi connectivity index (χ3v) is 1.79. The maximum absolute atomic E-state index is 10.7. The Kier molecular flexibility index (Phi) is 11.2. The molecule has 0 heterocycles. The second-order valence-electron chi connectivity index (χ2n) is 2.87. The summed E-state index contributed by atoms with van der Waals surface area (Å²) in [6.07, 6.45) is 0.991. The minimum absolute atomic E-state index is 0.268. The molecule has 0 atom stereocenters. The van der Waals surface area contributed by atoms with Gasteiger partial charge in [0.1, 0.15) is 0 Å². The fourth-order valence-corrected chi connectivity index (χ4v) is 0.721. The first-order chi connectivity index (χ1) is 6.68. The van der Waals surface area contributed by atoms with E-state index in [-0.39, 0.29) is 5.97 Å². The summed E-state index contributed by atoms with van der Waals surface area (Å²) in [5.41, 5.74) is 0.480. The summed E-state index contributed by atoms with van der Waals surface area (Å²) in [5.74, 6) is -0.268. The number of rotatable bonds is 4. The Morgan fingerprint density at radius 1 is 1.40 bits per heavy atom. The standard InChI is InChI=1S/C7H11O2.Na.H4O4Si/c1-4-5-9-7(8)6(2)3;;1-5(2,3)4/h1-2,4-5H2,3H3;;1-4H. The normalized spacial score (nSPS) is 10.1. The second kappa shape index (κ2) is 9.49. The predicted molar refractivity (Wildman–Crippen MR) is 55.6 cm³/mol. The average Bonchev–Trinajstić information content (AvgIpc) is 2.01. The van der Waals surface area contributed by atoms with Crippen LogP contribution in [0.3, 0.4) is 0 Å². The van der Waals surface area contributed by atoms with E-state index in [0.29, 0.717) is 12.2 Å². The fourth-order valence-electron chi connectivity index (χ4n) is 0.432. The molecule has 6 nitrogen and oxygen atoms in total. The van der Waals surface area contributed by atoms with Crippen molar-refractivity contribution in [1.82, 2.24) is 0 Å². The van der Waals surface area contributed by atoms with Crippen molar-refractivity contribution in [2.45, 2.75) is 17.0 Å². The van der Waals surface area contributed by atoms with Crippen LogP contribution >= 0.6 is 0 Å². The fraction of sp³-hybridized carbons (Fsp3) is 0.571. The van der Waals surface area contributed by atoms with Crippen LogP contribution in [0.1, 0.15) is 13.3 Å². The minimum atomic E-state index is -4.61. The van der Waals surface area contributed by atoms with Crippen molar-refractivity contribution in [1.29, 1.82) is 0 Å². The molecule has 0 saturated heterocycles. The van der Waals surface area contributed by atoms with Gasteiger partial charge in [0.05, 0.1) is 0 Å². The van der Waals surface area contributed by atoms with Crippen LogP contribution in [0.2, 0.25) is 3.67 Å². The summed E-state index contributed by atoms with van der Waals surface area (Å²) in [6, 6.07) is 0. The molecule has 0 spiro atoms. The first kappa shape index (κ1) is 17.7. The molecule has 0 bridgehead atoms. The summed E-state index contributed by atoms with van der Waals surface area (Å²) in [7, 11) is -4.61. The molecule has 0 amide bonds. The molecule has 0 radical (unpaired) electrons. The largest absolute Gasteiger partial charge is 0.668 e. The van der Waals surface area contributed by atoms with Crippen LogP contribution in [-0.4, -0.2) is 68.7 Å². The SMILES string of the molecule is C=C(C)C(=O)OCC[CH2][Na].O[Si](O)(O)O.